The Bertz CT molecular complexity index is 379. The Labute approximate surface area is 111 Å². The standard InChI is InChI=1S/C12H19ClFN3O/c1-18-7-6-17-12(9(13)8-16-17)11(14)10-4-2-3-5-15-10/h8,10-11,15H,2-7H2,1H3. The molecule has 0 aromatic carbocycles. The molecule has 0 spiro atoms. The van der Waals surface area contributed by atoms with Gasteiger partial charge in [-0.3, -0.25) is 4.68 Å². The third-order valence-corrected chi connectivity index (χ3v) is 3.59. The molecule has 102 valence electrons. The SMILES string of the molecule is COCCn1ncc(Cl)c1C(F)C1CCCCN1. The van der Waals surface area contributed by atoms with Gasteiger partial charge in [-0.2, -0.15) is 5.10 Å². The van der Waals surface area contributed by atoms with Crippen molar-refractivity contribution in [3.8, 4) is 0 Å². The molecule has 0 bridgehead atoms. The van der Waals surface area contributed by atoms with E-state index < -0.39 is 6.17 Å². The summed E-state index contributed by atoms with van der Waals surface area (Å²) in [7, 11) is 1.61. The van der Waals surface area contributed by atoms with E-state index in [1.54, 1.807) is 11.8 Å². The average molecular weight is 276 g/mol. The smallest absolute Gasteiger partial charge is 0.158 e. The lowest BCUT2D eigenvalue weighted by Crippen LogP contribution is -2.38. The molecule has 6 heteroatoms. The number of methoxy groups -OCH3 is 1. The van der Waals surface area contributed by atoms with Crippen molar-refractivity contribution in [2.24, 2.45) is 0 Å². The molecule has 1 aliphatic rings. The number of nitrogens with zero attached hydrogens (tertiary/aromatic N) is 2. The van der Waals surface area contributed by atoms with E-state index in [0.717, 1.165) is 25.8 Å². The summed E-state index contributed by atoms with van der Waals surface area (Å²) in [5.41, 5.74) is 0.466. The minimum Gasteiger partial charge on any atom is -0.383 e. The molecule has 0 radical (unpaired) electrons. The van der Waals surface area contributed by atoms with Crippen LogP contribution in [0.25, 0.3) is 0 Å². The van der Waals surface area contributed by atoms with Gasteiger partial charge in [-0.25, -0.2) is 4.39 Å². The maximum absolute atomic E-state index is 14.6. The van der Waals surface area contributed by atoms with Crippen molar-refractivity contribution in [3.63, 3.8) is 0 Å². The second-order valence-corrected chi connectivity index (χ2v) is 4.96. The number of hydrogen-bond donors (Lipinski definition) is 1. The molecule has 1 aliphatic heterocycles. The predicted octanol–water partition coefficient (Wildman–Crippen LogP) is 2.34. The van der Waals surface area contributed by atoms with Gasteiger partial charge in [0.15, 0.2) is 6.17 Å². The van der Waals surface area contributed by atoms with E-state index >= 15 is 0 Å². The number of rotatable bonds is 5. The summed E-state index contributed by atoms with van der Waals surface area (Å²) >= 11 is 6.05. The molecule has 0 aliphatic carbocycles. The van der Waals surface area contributed by atoms with Crippen LogP contribution in [0.4, 0.5) is 4.39 Å². The first-order valence-corrected chi connectivity index (χ1v) is 6.69. The number of halogens is 2. The molecule has 1 N–H and O–H groups in total. The zero-order valence-corrected chi connectivity index (χ0v) is 11.3. The van der Waals surface area contributed by atoms with E-state index in [1.165, 1.54) is 6.20 Å². The fraction of sp³-hybridized carbons (Fsp3) is 0.750. The molecule has 0 amide bonds. The highest BCUT2D eigenvalue weighted by molar-refractivity contribution is 6.31. The van der Waals surface area contributed by atoms with Crippen LogP contribution in [-0.4, -0.2) is 36.1 Å². The van der Waals surface area contributed by atoms with Crippen molar-refractivity contribution in [2.75, 3.05) is 20.3 Å². The van der Waals surface area contributed by atoms with Gasteiger partial charge < -0.3 is 10.1 Å². The van der Waals surface area contributed by atoms with E-state index in [1.807, 2.05) is 0 Å². The number of hydrogen-bond acceptors (Lipinski definition) is 3. The van der Waals surface area contributed by atoms with Gasteiger partial charge >= 0.3 is 0 Å². The van der Waals surface area contributed by atoms with Gasteiger partial charge in [0.1, 0.15) is 0 Å². The first-order chi connectivity index (χ1) is 8.74. The van der Waals surface area contributed by atoms with E-state index in [0.29, 0.717) is 23.9 Å². The summed E-state index contributed by atoms with van der Waals surface area (Å²) in [5.74, 6) is 0. The maximum Gasteiger partial charge on any atom is 0.158 e. The molecule has 2 rings (SSSR count). The van der Waals surface area contributed by atoms with Gasteiger partial charge in [-0.05, 0) is 19.4 Å². The normalized spacial score (nSPS) is 22.1. The van der Waals surface area contributed by atoms with Gasteiger partial charge in [-0.1, -0.05) is 18.0 Å². The lowest BCUT2D eigenvalue weighted by molar-refractivity contribution is 0.172. The molecule has 2 unspecified atom stereocenters. The van der Waals surface area contributed by atoms with Gasteiger partial charge in [0.25, 0.3) is 0 Å². The fourth-order valence-corrected chi connectivity index (χ4v) is 2.57. The summed E-state index contributed by atoms with van der Waals surface area (Å²) in [5, 5.41) is 7.71. The number of ether oxygens (including phenoxy) is 1. The second-order valence-electron chi connectivity index (χ2n) is 4.55. The number of piperidine rings is 1. The van der Waals surface area contributed by atoms with E-state index in [-0.39, 0.29) is 6.04 Å². The third kappa shape index (κ3) is 3.02. The summed E-state index contributed by atoms with van der Waals surface area (Å²) < 4.78 is 21.2. The second kappa shape index (κ2) is 6.50. The first-order valence-electron chi connectivity index (χ1n) is 6.31. The molecular formula is C12H19ClFN3O. The van der Waals surface area contributed by atoms with Crippen LogP contribution >= 0.6 is 11.6 Å². The molecule has 1 saturated heterocycles. The highest BCUT2D eigenvalue weighted by atomic mass is 35.5. The van der Waals surface area contributed by atoms with Crippen LogP contribution in [0.1, 0.15) is 31.1 Å². The predicted molar refractivity (Wildman–Crippen MR) is 68.6 cm³/mol. The Hall–Kier alpha value is -0.650. The molecule has 1 aromatic heterocycles. The lowest BCUT2D eigenvalue weighted by atomic mass is 9.99. The van der Waals surface area contributed by atoms with Crippen LogP contribution in [0.5, 0.6) is 0 Å². The molecule has 18 heavy (non-hydrogen) atoms. The lowest BCUT2D eigenvalue weighted by Gasteiger charge is -2.27. The van der Waals surface area contributed by atoms with E-state index in [2.05, 4.69) is 10.4 Å². The van der Waals surface area contributed by atoms with Crippen molar-refractivity contribution in [3.05, 3.63) is 16.9 Å². The number of alkyl halides is 1. The molecule has 1 aromatic rings. The summed E-state index contributed by atoms with van der Waals surface area (Å²) in [6.07, 6.45) is 3.40. The molecule has 4 nitrogen and oxygen atoms in total. The van der Waals surface area contributed by atoms with Crippen molar-refractivity contribution in [1.29, 1.82) is 0 Å². The largest absolute Gasteiger partial charge is 0.383 e. The summed E-state index contributed by atoms with van der Waals surface area (Å²) in [6.45, 7) is 1.89. The maximum atomic E-state index is 14.6. The van der Waals surface area contributed by atoms with Crippen LogP contribution < -0.4 is 5.32 Å². The molecule has 1 fully saturated rings. The van der Waals surface area contributed by atoms with Gasteiger partial charge in [0, 0.05) is 13.2 Å². The fourth-order valence-electron chi connectivity index (χ4n) is 2.32. The van der Waals surface area contributed by atoms with Crippen LogP contribution in [0.3, 0.4) is 0 Å². The zero-order chi connectivity index (χ0) is 13.0. The van der Waals surface area contributed by atoms with Crippen LogP contribution in [0.15, 0.2) is 6.20 Å². The Balaban J connectivity index is 2.12. The molecule has 0 saturated carbocycles. The van der Waals surface area contributed by atoms with Crippen LogP contribution in [0, 0.1) is 0 Å². The van der Waals surface area contributed by atoms with Crippen molar-refractivity contribution in [1.82, 2.24) is 15.1 Å². The first kappa shape index (κ1) is 13.8. The Kier molecular flexibility index (Phi) is 4.97. The molecule has 2 atom stereocenters. The zero-order valence-electron chi connectivity index (χ0n) is 10.5. The van der Waals surface area contributed by atoms with Crippen molar-refractivity contribution >= 4 is 11.6 Å². The Morgan fingerprint density at radius 3 is 3.17 bits per heavy atom. The molecule has 2 heterocycles. The Morgan fingerprint density at radius 1 is 1.67 bits per heavy atom. The minimum atomic E-state index is -1.11. The summed E-state index contributed by atoms with van der Waals surface area (Å²) in [4.78, 5) is 0. The minimum absolute atomic E-state index is 0.158. The quantitative estimate of drug-likeness (QED) is 0.896. The van der Waals surface area contributed by atoms with Gasteiger partial charge in [0.2, 0.25) is 0 Å². The number of aromatic nitrogens is 2. The number of nitrogens with one attached hydrogen (secondary N) is 1. The highest BCUT2D eigenvalue weighted by Crippen LogP contribution is 2.31. The average Bonchev–Trinajstić information content (AvgIpc) is 2.77. The van der Waals surface area contributed by atoms with Crippen LogP contribution in [0.2, 0.25) is 5.02 Å². The highest BCUT2D eigenvalue weighted by Gasteiger charge is 2.29. The third-order valence-electron chi connectivity index (χ3n) is 3.30. The molecular weight excluding hydrogens is 257 g/mol. The van der Waals surface area contributed by atoms with Gasteiger partial charge in [-0.15, -0.1) is 0 Å². The van der Waals surface area contributed by atoms with E-state index in [9.17, 15) is 4.39 Å². The Morgan fingerprint density at radius 2 is 2.50 bits per heavy atom. The topological polar surface area (TPSA) is 39.1 Å². The summed E-state index contributed by atoms with van der Waals surface area (Å²) in [6, 6.07) is -0.158. The van der Waals surface area contributed by atoms with Crippen molar-refractivity contribution < 1.29 is 9.13 Å². The van der Waals surface area contributed by atoms with Crippen molar-refractivity contribution in [2.45, 2.75) is 38.0 Å². The van der Waals surface area contributed by atoms with E-state index in [4.69, 9.17) is 16.3 Å². The van der Waals surface area contributed by atoms with Crippen LogP contribution in [-0.2, 0) is 11.3 Å². The van der Waals surface area contributed by atoms with Gasteiger partial charge in [0.05, 0.1) is 30.1 Å². The monoisotopic (exact) mass is 275 g/mol.